The highest BCUT2D eigenvalue weighted by molar-refractivity contribution is 7.98. The molecule has 0 bridgehead atoms. The molecule has 0 unspecified atom stereocenters. The minimum atomic E-state index is -0.308. The molecule has 78 valence electrons. The van der Waals surface area contributed by atoms with Crippen LogP contribution in [-0.4, -0.2) is 10.1 Å². The van der Waals surface area contributed by atoms with Crippen LogP contribution in [0.1, 0.15) is 5.89 Å². The second-order valence-electron chi connectivity index (χ2n) is 2.81. The molecule has 15 heavy (non-hydrogen) atoms. The van der Waals surface area contributed by atoms with Gasteiger partial charge in [0.1, 0.15) is 5.82 Å². The van der Waals surface area contributed by atoms with Crippen LogP contribution in [0.2, 0.25) is 0 Å². The summed E-state index contributed by atoms with van der Waals surface area (Å²) in [6.45, 7) is 0. The molecule has 0 aliphatic heterocycles. The number of hydrogen-bond acceptors (Lipinski definition) is 5. The highest BCUT2D eigenvalue weighted by atomic mass is 32.2. The first-order valence-corrected chi connectivity index (χ1v) is 5.17. The summed E-state index contributed by atoms with van der Waals surface area (Å²) in [5.41, 5.74) is 6.22. The van der Waals surface area contributed by atoms with Crippen LogP contribution in [0.25, 0.3) is 0 Å². The Labute approximate surface area is 89.7 Å². The van der Waals surface area contributed by atoms with Gasteiger partial charge in [0.25, 0.3) is 0 Å². The van der Waals surface area contributed by atoms with Gasteiger partial charge in [0.05, 0.1) is 5.75 Å². The molecule has 0 radical (unpaired) electrons. The lowest BCUT2D eigenvalue weighted by Gasteiger charge is -2.02. The third-order valence-electron chi connectivity index (χ3n) is 1.73. The summed E-state index contributed by atoms with van der Waals surface area (Å²) in [5.74, 6) is 0.661. The first-order valence-electron chi connectivity index (χ1n) is 4.19. The van der Waals surface area contributed by atoms with E-state index in [0.29, 0.717) is 22.2 Å². The van der Waals surface area contributed by atoms with E-state index in [4.69, 9.17) is 10.3 Å². The molecule has 2 N–H and O–H groups in total. The number of nitrogen functional groups attached to an aromatic ring is 1. The molecule has 0 saturated heterocycles. The predicted molar refractivity (Wildman–Crippen MR) is 54.7 cm³/mol. The fraction of sp³-hybridized carbons (Fsp3) is 0.111. The first-order chi connectivity index (χ1) is 7.25. The molecule has 0 amide bonds. The van der Waals surface area contributed by atoms with Gasteiger partial charge in [-0.05, 0) is 18.2 Å². The van der Waals surface area contributed by atoms with E-state index in [-0.39, 0.29) is 5.82 Å². The van der Waals surface area contributed by atoms with Gasteiger partial charge in [-0.3, -0.25) is 0 Å². The lowest BCUT2D eigenvalue weighted by Crippen LogP contribution is -1.90. The van der Waals surface area contributed by atoms with Crippen LogP contribution >= 0.6 is 11.8 Å². The van der Waals surface area contributed by atoms with Crippen molar-refractivity contribution in [3.63, 3.8) is 0 Å². The molecule has 1 heterocycles. The quantitative estimate of drug-likeness (QED) is 0.640. The summed E-state index contributed by atoms with van der Waals surface area (Å²) in [7, 11) is 0. The Balaban J connectivity index is 2.07. The van der Waals surface area contributed by atoms with Crippen molar-refractivity contribution in [1.29, 1.82) is 0 Å². The molecule has 0 atom stereocenters. The highest BCUT2D eigenvalue weighted by Crippen LogP contribution is 2.27. The van der Waals surface area contributed by atoms with Gasteiger partial charge in [-0.2, -0.15) is 4.98 Å². The van der Waals surface area contributed by atoms with E-state index < -0.39 is 0 Å². The number of nitrogens with two attached hydrogens (primary N) is 1. The average molecular weight is 225 g/mol. The lowest BCUT2D eigenvalue weighted by molar-refractivity contribution is 0.390. The highest BCUT2D eigenvalue weighted by Gasteiger charge is 2.05. The predicted octanol–water partition coefficient (Wildman–Crippen LogP) is 2.08. The molecule has 0 saturated carbocycles. The maximum Gasteiger partial charge on any atom is 0.236 e. The Hall–Kier alpha value is -1.56. The number of nitrogens with zero attached hydrogens (tertiary/aromatic N) is 2. The Kier molecular flexibility index (Phi) is 2.86. The van der Waals surface area contributed by atoms with Crippen LogP contribution in [0, 0.1) is 5.82 Å². The van der Waals surface area contributed by atoms with Gasteiger partial charge in [-0.15, -0.1) is 11.8 Å². The van der Waals surface area contributed by atoms with Crippen molar-refractivity contribution in [1.82, 2.24) is 10.1 Å². The third kappa shape index (κ3) is 2.47. The molecule has 0 aliphatic carbocycles. The molecule has 0 spiro atoms. The fourth-order valence-electron chi connectivity index (χ4n) is 1.03. The van der Waals surface area contributed by atoms with Crippen molar-refractivity contribution in [3.05, 3.63) is 36.2 Å². The normalized spacial score (nSPS) is 10.5. The van der Waals surface area contributed by atoms with Crippen LogP contribution in [0.15, 0.2) is 33.9 Å². The largest absolute Gasteiger partial charge is 0.398 e. The summed E-state index contributed by atoms with van der Waals surface area (Å²) in [6, 6.07) is 4.24. The molecule has 2 rings (SSSR count). The average Bonchev–Trinajstić information content (AvgIpc) is 2.72. The van der Waals surface area contributed by atoms with Crippen molar-refractivity contribution in [2.75, 3.05) is 5.73 Å². The number of hydrogen-bond donors (Lipinski definition) is 1. The minimum absolute atomic E-state index is 0.308. The summed E-state index contributed by atoms with van der Waals surface area (Å²) in [6.07, 6.45) is 1.32. The van der Waals surface area contributed by atoms with Gasteiger partial charge in [0, 0.05) is 10.6 Å². The minimum Gasteiger partial charge on any atom is -0.398 e. The van der Waals surface area contributed by atoms with Crippen molar-refractivity contribution >= 4 is 17.4 Å². The van der Waals surface area contributed by atoms with Gasteiger partial charge >= 0.3 is 0 Å². The lowest BCUT2D eigenvalue weighted by atomic mass is 10.3. The zero-order chi connectivity index (χ0) is 10.7. The zero-order valence-electron chi connectivity index (χ0n) is 7.68. The number of benzene rings is 1. The van der Waals surface area contributed by atoms with Crippen LogP contribution in [0.4, 0.5) is 10.1 Å². The number of thioether (sulfide) groups is 1. The molecule has 4 nitrogen and oxygen atoms in total. The molecule has 1 aromatic carbocycles. The summed E-state index contributed by atoms with van der Waals surface area (Å²) >= 11 is 1.36. The molecule has 2 aromatic rings. The van der Waals surface area contributed by atoms with E-state index in [1.807, 2.05) is 0 Å². The van der Waals surface area contributed by atoms with E-state index in [9.17, 15) is 4.39 Å². The Morgan fingerprint density at radius 1 is 1.47 bits per heavy atom. The van der Waals surface area contributed by atoms with E-state index in [1.54, 1.807) is 0 Å². The molecule has 1 aromatic heterocycles. The smallest absolute Gasteiger partial charge is 0.236 e. The van der Waals surface area contributed by atoms with Crippen molar-refractivity contribution < 1.29 is 8.91 Å². The maximum absolute atomic E-state index is 12.9. The summed E-state index contributed by atoms with van der Waals surface area (Å²) in [4.78, 5) is 4.52. The van der Waals surface area contributed by atoms with Gasteiger partial charge in [-0.1, -0.05) is 5.16 Å². The second kappa shape index (κ2) is 4.31. The van der Waals surface area contributed by atoms with Gasteiger partial charge in [0.15, 0.2) is 6.33 Å². The van der Waals surface area contributed by atoms with Gasteiger partial charge in [0.2, 0.25) is 5.89 Å². The summed E-state index contributed by atoms with van der Waals surface area (Å²) in [5, 5.41) is 3.47. The SMILES string of the molecule is Nc1ccc(F)cc1SCc1ncno1. The van der Waals surface area contributed by atoms with Crippen LogP contribution in [0.5, 0.6) is 0 Å². The number of aromatic nitrogens is 2. The second-order valence-corrected chi connectivity index (χ2v) is 3.82. The standard InChI is InChI=1S/C9H8FN3OS/c10-6-1-2-7(11)8(3-6)15-4-9-12-5-13-14-9/h1-3,5H,4,11H2. The summed E-state index contributed by atoms with van der Waals surface area (Å²) < 4.78 is 17.7. The van der Waals surface area contributed by atoms with Gasteiger partial charge < -0.3 is 10.3 Å². The van der Waals surface area contributed by atoms with E-state index in [2.05, 4.69) is 10.1 Å². The molecule has 0 fully saturated rings. The van der Waals surface area contributed by atoms with Crippen LogP contribution in [0.3, 0.4) is 0 Å². The fourth-order valence-corrected chi connectivity index (χ4v) is 1.87. The molecule has 6 heteroatoms. The van der Waals surface area contributed by atoms with E-state index in [0.717, 1.165) is 0 Å². The Morgan fingerprint density at radius 3 is 3.07 bits per heavy atom. The third-order valence-corrected chi connectivity index (χ3v) is 2.79. The van der Waals surface area contributed by atoms with Crippen LogP contribution in [-0.2, 0) is 5.75 Å². The van der Waals surface area contributed by atoms with Crippen molar-refractivity contribution in [2.45, 2.75) is 10.6 Å². The van der Waals surface area contributed by atoms with Gasteiger partial charge in [-0.25, -0.2) is 4.39 Å². The molecular formula is C9H8FN3OS. The molecule has 0 aliphatic rings. The van der Waals surface area contributed by atoms with Crippen molar-refractivity contribution in [2.24, 2.45) is 0 Å². The maximum atomic E-state index is 12.9. The Bertz CT molecular complexity index is 447. The van der Waals surface area contributed by atoms with E-state index >= 15 is 0 Å². The number of halogens is 1. The Morgan fingerprint density at radius 2 is 2.33 bits per heavy atom. The number of rotatable bonds is 3. The number of anilines is 1. The van der Waals surface area contributed by atoms with Crippen LogP contribution < -0.4 is 5.73 Å². The zero-order valence-corrected chi connectivity index (χ0v) is 8.50. The monoisotopic (exact) mass is 225 g/mol. The topological polar surface area (TPSA) is 64.9 Å². The van der Waals surface area contributed by atoms with E-state index in [1.165, 1.54) is 36.3 Å². The van der Waals surface area contributed by atoms with Crippen molar-refractivity contribution in [3.8, 4) is 0 Å². The molecular weight excluding hydrogens is 217 g/mol. The first kappa shape index (κ1) is 9.97.